The molecule has 2 unspecified atom stereocenters. The van der Waals surface area contributed by atoms with Crippen LogP contribution in [0.4, 0.5) is 0 Å². The number of nitrogens with zero attached hydrogens (tertiary/aromatic N) is 1. The van der Waals surface area contributed by atoms with Crippen molar-refractivity contribution in [2.24, 2.45) is 11.8 Å². The van der Waals surface area contributed by atoms with E-state index >= 15 is 0 Å². The highest BCUT2D eigenvalue weighted by molar-refractivity contribution is 5.89. The van der Waals surface area contributed by atoms with Crippen LogP contribution in [0.25, 0.3) is 0 Å². The topological polar surface area (TPSA) is 57.6 Å². The van der Waals surface area contributed by atoms with Gasteiger partial charge in [0.1, 0.15) is 0 Å². The summed E-state index contributed by atoms with van der Waals surface area (Å²) in [6.07, 6.45) is 6.33. The normalized spacial score (nSPS) is 29.8. The molecule has 0 radical (unpaired) electrons. The SMILES string of the molecule is CN(C(=O)C1CC1C(=O)O)C1CCCCC1. The number of carbonyl (C=O) groups is 2. The van der Waals surface area contributed by atoms with Crippen molar-refractivity contribution in [1.29, 1.82) is 0 Å². The maximum Gasteiger partial charge on any atom is 0.307 e. The quantitative estimate of drug-likeness (QED) is 0.791. The lowest BCUT2D eigenvalue weighted by Gasteiger charge is -2.31. The van der Waals surface area contributed by atoms with Crippen molar-refractivity contribution in [3.8, 4) is 0 Å². The fourth-order valence-corrected chi connectivity index (χ4v) is 2.65. The van der Waals surface area contributed by atoms with Crippen molar-refractivity contribution >= 4 is 11.9 Å². The molecule has 0 spiro atoms. The molecule has 0 aromatic rings. The first-order valence-electron chi connectivity index (χ1n) is 6.10. The Bertz CT molecular complexity index is 297. The minimum atomic E-state index is -0.824. The second kappa shape index (κ2) is 4.44. The van der Waals surface area contributed by atoms with Gasteiger partial charge >= 0.3 is 5.97 Å². The molecule has 0 bridgehead atoms. The molecular formula is C12H19NO3. The Labute approximate surface area is 95.6 Å². The predicted molar refractivity (Wildman–Crippen MR) is 58.9 cm³/mol. The van der Waals surface area contributed by atoms with Crippen molar-refractivity contribution in [3.63, 3.8) is 0 Å². The average Bonchev–Trinajstić information content (AvgIpc) is 3.08. The summed E-state index contributed by atoms with van der Waals surface area (Å²) in [5, 5.41) is 8.79. The highest BCUT2D eigenvalue weighted by Crippen LogP contribution is 2.40. The Balaban J connectivity index is 1.87. The van der Waals surface area contributed by atoms with Gasteiger partial charge in [-0.05, 0) is 19.3 Å². The van der Waals surface area contributed by atoms with Gasteiger partial charge in [0.15, 0.2) is 0 Å². The van der Waals surface area contributed by atoms with Crippen molar-refractivity contribution in [2.75, 3.05) is 7.05 Å². The Hall–Kier alpha value is -1.06. The van der Waals surface area contributed by atoms with Crippen LogP contribution in [0.1, 0.15) is 38.5 Å². The summed E-state index contributed by atoms with van der Waals surface area (Å²) in [4.78, 5) is 24.5. The fraction of sp³-hybridized carbons (Fsp3) is 0.833. The summed E-state index contributed by atoms with van der Waals surface area (Å²) in [7, 11) is 1.83. The lowest BCUT2D eigenvalue weighted by molar-refractivity contribution is -0.142. The fourth-order valence-electron chi connectivity index (χ4n) is 2.65. The molecule has 0 aromatic heterocycles. The zero-order chi connectivity index (χ0) is 11.7. The first-order chi connectivity index (χ1) is 7.61. The van der Waals surface area contributed by atoms with Crippen molar-refractivity contribution in [2.45, 2.75) is 44.6 Å². The van der Waals surface area contributed by atoms with Crippen LogP contribution in [0.15, 0.2) is 0 Å². The number of carboxylic acids is 1. The molecule has 2 aliphatic carbocycles. The molecule has 4 nitrogen and oxygen atoms in total. The van der Waals surface area contributed by atoms with Gasteiger partial charge in [-0.1, -0.05) is 19.3 Å². The zero-order valence-corrected chi connectivity index (χ0v) is 9.69. The van der Waals surface area contributed by atoms with E-state index in [1.54, 1.807) is 4.90 Å². The Morgan fingerprint density at radius 3 is 2.25 bits per heavy atom. The van der Waals surface area contributed by atoms with Gasteiger partial charge in [-0.3, -0.25) is 9.59 Å². The number of carboxylic acid groups (broad SMARTS) is 1. The van der Waals surface area contributed by atoms with E-state index in [0.29, 0.717) is 12.5 Å². The number of rotatable bonds is 3. The molecule has 2 rings (SSSR count). The van der Waals surface area contributed by atoms with Crippen LogP contribution in [0.2, 0.25) is 0 Å². The predicted octanol–water partition coefficient (Wildman–Crippen LogP) is 1.50. The van der Waals surface area contributed by atoms with Crippen LogP contribution in [0.3, 0.4) is 0 Å². The van der Waals surface area contributed by atoms with Gasteiger partial charge in [-0.15, -0.1) is 0 Å². The van der Waals surface area contributed by atoms with E-state index < -0.39 is 11.9 Å². The monoisotopic (exact) mass is 225 g/mol. The molecule has 2 aliphatic rings. The third-order valence-corrected chi connectivity index (χ3v) is 3.89. The van der Waals surface area contributed by atoms with Crippen LogP contribution in [-0.4, -0.2) is 35.0 Å². The van der Waals surface area contributed by atoms with E-state index in [1.807, 2.05) is 7.05 Å². The number of carbonyl (C=O) groups excluding carboxylic acids is 1. The van der Waals surface area contributed by atoms with Gasteiger partial charge in [-0.25, -0.2) is 0 Å². The molecule has 0 heterocycles. The highest BCUT2D eigenvalue weighted by Gasteiger charge is 2.49. The molecule has 2 saturated carbocycles. The van der Waals surface area contributed by atoms with E-state index in [1.165, 1.54) is 19.3 Å². The maximum atomic E-state index is 12.0. The highest BCUT2D eigenvalue weighted by atomic mass is 16.4. The van der Waals surface area contributed by atoms with E-state index in [0.717, 1.165) is 12.8 Å². The van der Waals surface area contributed by atoms with Crippen LogP contribution in [0, 0.1) is 11.8 Å². The molecule has 0 aromatic carbocycles. The lowest BCUT2D eigenvalue weighted by Crippen LogP contribution is -2.39. The van der Waals surface area contributed by atoms with E-state index in [4.69, 9.17) is 5.11 Å². The summed E-state index contributed by atoms with van der Waals surface area (Å²) in [6.45, 7) is 0. The zero-order valence-electron chi connectivity index (χ0n) is 9.69. The second-order valence-electron chi connectivity index (χ2n) is 5.03. The van der Waals surface area contributed by atoms with Crippen molar-refractivity contribution in [3.05, 3.63) is 0 Å². The molecule has 2 atom stereocenters. The molecule has 90 valence electrons. The van der Waals surface area contributed by atoms with Gasteiger partial charge in [0, 0.05) is 13.1 Å². The van der Waals surface area contributed by atoms with E-state index in [-0.39, 0.29) is 11.8 Å². The molecule has 16 heavy (non-hydrogen) atoms. The molecule has 0 aliphatic heterocycles. The molecule has 1 N–H and O–H groups in total. The Morgan fingerprint density at radius 1 is 1.12 bits per heavy atom. The standard InChI is InChI=1S/C12H19NO3/c1-13(8-5-3-2-4-6-8)11(14)9-7-10(9)12(15)16/h8-10H,2-7H2,1H3,(H,15,16). The van der Waals surface area contributed by atoms with Gasteiger partial charge in [0.2, 0.25) is 5.91 Å². The van der Waals surface area contributed by atoms with Gasteiger partial charge in [-0.2, -0.15) is 0 Å². The first-order valence-corrected chi connectivity index (χ1v) is 6.10. The lowest BCUT2D eigenvalue weighted by atomic mass is 9.94. The third kappa shape index (κ3) is 2.20. The Kier molecular flexibility index (Phi) is 3.17. The molecule has 4 heteroatoms. The Morgan fingerprint density at radius 2 is 1.75 bits per heavy atom. The summed E-state index contributed by atoms with van der Waals surface area (Å²) >= 11 is 0. The number of hydrogen-bond donors (Lipinski definition) is 1. The smallest absolute Gasteiger partial charge is 0.307 e. The van der Waals surface area contributed by atoms with Gasteiger partial charge in [0.05, 0.1) is 11.8 Å². The summed E-state index contributed by atoms with van der Waals surface area (Å²) in [5.41, 5.74) is 0. The summed E-state index contributed by atoms with van der Waals surface area (Å²) in [5.74, 6) is -1.45. The van der Waals surface area contributed by atoms with Crippen LogP contribution in [-0.2, 0) is 9.59 Å². The summed E-state index contributed by atoms with van der Waals surface area (Å²) < 4.78 is 0. The van der Waals surface area contributed by atoms with Crippen molar-refractivity contribution in [1.82, 2.24) is 4.90 Å². The van der Waals surface area contributed by atoms with Gasteiger partial charge in [0.25, 0.3) is 0 Å². The molecule has 2 fully saturated rings. The molecular weight excluding hydrogens is 206 g/mol. The average molecular weight is 225 g/mol. The number of aliphatic carboxylic acids is 1. The van der Waals surface area contributed by atoms with Crippen LogP contribution >= 0.6 is 0 Å². The number of hydrogen-bond acceptors (Lipinski definition) is 2. The van der Waals surface area contributed by atoms with E-state index in [2.05, 4.69) is 0 Å². The first kappa shape index (κ1) is 11.4. The third-order valence-electron chi connectivity index (χ3n) is 3.89. The van der Waals surface area contributed by atoms with Crippen LogP contribution < -0.4 is 0 Å². The maximum absolute atomic E-state index is 12.0. The minimum Gasteiger partial charge on any atom is -0.481 e. The second-order valence-corrected chi connectivity index (χ2v) is 5.03. The van der Waals surface area contributed by atoms with Gasteiger partial charge < -0.3 is 10.0 Å². The summed E-state index contributed by atoms with van der Waals surface area (Å²) in [6, 6.07) is 0.344. The van der Waals surface area contributed by atoms with E-state index in [9.17, 15) is 9.59 Å². The molecule has 1 amide bonds. The minimum absolute atomic E-state index is 0.0410. The molecule has 0 saturated heterocycles. The largest absolute Gasteiger partial charge is 0.481 e. The van der Waals surface area contributed by atoms with Crippen molar-refractivity contribution < 1.29 is 14.7 Å². The van der Waals surface area contributed by atoms with Crippen LogP contribution in [0.5, 0.6) is 0 Å². The number of amides is 1.